The van der Waals surface area contributed by atoms with Gasteiger partial charge in [0, 0.05) is 24.1 Å². The van der Waals surface area contributed by atoms with Gasteiger partial charge in [-0.05, 0) is 18.6 Å². The first-order chi connectivity index (χ1) is 9.90. The van der Waals surface area contributed by atoms with Crippen molar-refractivity contribution in [2.45, 2.75) is 13.3 Å². The number of nitrogens with zero attached hydrogens (tertiary/aromatic N) is 1. The topological polar surface area (TPSA) is 60.2 Å². The van der Waals surface area contributed by atoms with Gasteiger partial charge in [-0.3, -0.25) is 14.9 Å². The molecule has 0 aliphatic heterocycles. The summed E-state index contributed by atoms with van der Waals surface area (Å²) in [7, 11) is 0. The molecule has 21 heavy (non-hydrogen) atoms. The number of para-hydroxylation sites is 1. The van der Waals surface area contributed by atoms with Crippen molar-refractivity contribution in [1.29, 1.82) is 0 Å². The van der Waals surface area contributed by atoms with Gasteiger partial charge < -0.3 is 0 Å². The van der Waals surface area contributed by atoms with Crippen molar-refractivity contribution in [3.05, 3.63) is 74.8 Å². The first kappa shape index (κ1) is 14.8. The molecule has 108 valence electrons. The molecule has 0 spiro atoms. The van der Waals surface area contributed by atoms with Gasteiger partial charge in [0.15, 0.2) is 5.78 Å². The normalized spacial score (nSPS) is 10.4. The van der Waals surface area contributed by atoms with Crippen LogP contribution in [0.5, 0.6) is 0 Å². The van der Waals surface area contributed by atoms with Crippen LogP contribution in [-0.4, -0.2) is 10.7 Å². The molecule has 0 amide bonds. The molecule has 2 aromatic carbocycles. The molecule has 4 nitrogen and oxygen atoms in total. The van der Waals surface area contributed by atoms with Crippen molar-refractivity contribution in [2.75, 3.05) is 0 Å². The molecule has 6 heteroatoms. The number of hydrogen-bond donors (Lipinski definition) is 0. The van der Waals surface area contributed by atoms with E-state index in [2.05, 4.69) is 0 Å². The van der Waals surface area contributed by atoms with Crippen molar-refractivity contribution in [1.82, 2.24) is 0 Å². The third kappa shape index (κ3) is 3.10. The second-order valence-corrected chi connectivity index (χ2v) is 4.57. The maximum atomic E-state index is 13.6. The molecule has 0 fully saturated rings. The lowest BCUT2D eigenvalue weighted by molar-refractivity contribution is -0.385. The van der Waals surface area contributed by atoms with Gasteiger partial charge in [-0.1, -0.05) is 18.2 Å². The number of carbonyl (C=O) groups is 1. The summed E-state index contributed by atoms with van der Waals surface area (Å²) >= 11 is 0. The molecule has 0 unspecified atom stereocenters. The smallest absolute Gasteiger partial charge is 0.273 e. The summed E-state index contributed by atoms with van der Waals surface area (Å²) in [5.74, 6) is -2.35. The van der Waals surface area contributed by atoms with Crippen molar-refractivity contribution < 1.29 is 18.5 Å². The van der Waals surface area contributed by atoms with Gasteiger partial charge in [0.05, 0.1) is 10.5 Å². The van der Waals surface area contributed by atoms with Crippen LogP contribution < -0.4 is 0 Å². The third-order valence-electron chi connectivity index (χ3n) is 3.09. The number of aryl methyl sites for hydroxylation is 1. The van der Waals surface area contributed by atoms with E-state index in [-0.39, 0.29) is 28.8 Å². The first-order valence-electron chi connectivity index (χ1n) is 6.11. The molecule has 0 aromatic heterocycles. The Bertz CT molecular complexity index is 729. The summed E-state index contributed by atoms with van der Waals surface area (Å²) in [6.07, 6.45) is -0.320. The second-order valence-electron chi connectivity index (χ2n) is 4.57. The van der Waals surface area contributed by atoms with E-state index >= 15 is 0 Å². The highest BCUT2D eigenvalue weighted by atomic mass is 19.1. The van der Waals surface area contributed by atoms with E-state index in [1.165, 1.54) is 25.1 Å². The van der Waals surface area contributed by atoms with Gasteiger partial charge >= 0.3 is 0 Å². The van der Waals surface area contributed by atoms with Crippen LogP contribution in [-0.2, 0) is 6.42 Å². The Hall–Kier alpha value is -2.63. The van der Waals surface area contributed by atoms with Crippen LogP contribution in [0, 0.1) is 28.7 Å². The van der Waals surface area contributed by atoms with Crippen LogP contribution in [0.25, 0.3) is 0 Å². The fourth-order valence-electron chi connectivity index (χ4n) is 1.98. The summed E-state index contributed by atoms with van der Waals surface area (Å²) in [5, 5.41) is 10.9. The number of nitro benzene ring substituents is 1. The van der Waals surface area contributed by atoms with Gasteiger partial charge in [0.1, 0.15) is 11.6 Å². The van der Waals surface area contributed by atoms with Crippen LogP contribution in [0.15, 0.2) is 36.4 Å². The fraction of sp³-hybridized carbons (Fsp3) is 0.133. The molecule has 0 heterocycles. The van der Waals surface area contributed by atoms with Crippen LogP contribution >= 0.6 is 0 Å². The van der Waals surface area contributed by atoms with Crippen LogP contribution in [0.4, 0.5) is 14.5 Å². The van der Waals surface area contributed by atoms with Crippen LogP contribution in [0.3, 0.4) is 0 Å². The largest absolute Gasteiger partial charge is 0.294 e. The molecular formula is C15H11F2NO3. The number of benzene rings is 2. The summed E-state index contributed by atoms with van der Waals surface area (Å²) in [6, 6.07) is 7.50. The zero-order valence-corrected chi connectivity index (χ0v) is 11.1. The quantitative estimate of drug-likeness (QED) is 0.491. The second kappa shape index (κ2) is 5.78. The lowest BCUT2D eigenvalue weighted by Gasteiger charge is -2.06. The predicted molar refractivity (Wildman–Crippen MR) is 72.2 cm³/mol. The zero-order valence-electron chi connectivity index (χ0n) is 11.1. The first-order valence-corrected chi connectivity index (χ1v) is 6.11. The van der Waals surface area contributed by atoms with Gasteiger partial charge in [0.25, 0.3) is 5.69 Å². The average molecular weight is 291 g/mol. The molecular weight excluding hydrogens is 280 g/mol. The number of rotatable bonds is 4. The van der Waals surface area contributed by atoms with Crippen LogP contribution in [0.2, 0.25) is 0 Å². The van der Waals surface area contributed by atoms with Gasteiger partial charge in [-0.2, -0.15) is 0 Å². The van der Waals surface area contributed by atoms with E-state index in [0.717, 1.165) is 6.07 Å². The molecule has 2 rings (SSSR count). The monoisotopic (exact) mass is 291 g/mol. The highest BCUT2D eigenvalue weighted by molar-refractivity contribution is 5.98. The molecule has 0 saturated carbocycles. The Labute approximate surface area is 119 Å². The summed E-state index contributed by atoms with van der Waals surface area (Å²) < 4.78 is 26.8. The molecule has 0 N–H and O–H groups in total. The predicted octanol–water partition coefficient (Wildman–Crippen LogP) is 3.61. The average Bonchev–Trinajstić information content (AvgIpc) is 2.43. The third-order valence-corrected chi connectivity index (χ3v) is 3.09. The molecule has 0 radical (unpaired) electrons. The Morgan fingerprint density at radius 2 is 1.86 bits per heavy atom. The van der Waals surface area contributed by atoms with E-state index < -0.39 is 22.3 Å². The van der Waals surface area contributed by atoms with Crippen molar-refractivity contribution in [2.24, 2.45) is 0 Å². The lowest BCUT2D eigenvalue weighted by Crippen LogP contribution is -2.09. The zero-order chi connectivity index (χ0) is 15.6. The Morgan fingerprint density at radius 3 is 2.52 bits per heavy atom. The van der Waals surface area contributed by atoms with Crippen molar-refractivity contribution in [3.63, 3.8) is 0 Å². The van der Waals surface area contributed by atoms with Gasteiger partial charge in [0.2, 0.25) is 0 Å². The van der Waals surface area contributed by atoms with E-state index in [4.69, 9.17) is 0 Å². The number of nitro groups is 1. The SMILES string of the molecule is Cc1cc(C(=O)Cc2ccccc2[N+](=O)[O-])c(F)cc1F. The molecule has 0 saturated heterocycles. The molecule has 2 aromatic rings. The molecule has 0 aliphatic carbocycles. The molecule has 0 bridgehead atoms. The maximum Gasteiger partial charge on any atom is 0.273 e. The number of Topliss-reactive ketones (excluding diaryl/α,β-unsaturated/α-hetero) is 1. The van der Waals surface area contributed by atoms with Crippen LogP contribution in [0.1, 0.15) is 21.5 Å². The standard InChI is InChI=1S/C15H11F2NO3/c1-9-6-11(13(17)8-12(9)16)15(19)7-10-4-2-3-5-14(10)18(20)21/h2-6,8H,7H2,1H3. The molecule has 0 atom stereocenters. The van der Waals surface area contributed by atoms with E-state index in [0.29, 0.717) is 6.07 Å². The van der Waals surface area contributed by atoms with E-state index in [1.54, 1.807) is 6.07 Å². The number of carbonyl (C=O) groups excluding carboxylic acids is 1. The highest BCUT2D eigenvalue weighted by Gasteiger charge is 2.19. The van der Waals surface area contributed by atoms with Gasteiger partial charge in [-0.15, -0.1) is 0 Å². The van der Waals surface area contributed by atoms with Crippen molar-refractivity contribution >= 4 is 11.5 Å². The Morgan fingerprint density at radius 1 is 1.19 bits per heavy atom. The minimum atomic E-state index is -0.971. The number of halogens is 2. The lowest BCUT2D eigenvalue weighted by atomic mass is 10.00. The molecule has 0 aliphatic rings. The summed E-state index contributed by atoms with van der Waals surface area (Å²) in [5.41, 5.74) is -0.145. The number of ketones is 1. The number of hydrogen-bond acceptors (Lipinski definition) is 3. The summed E-state index contributed by atoms with van der Waals surface area (Å²) in [4.78, 5) is 22.4. The van der Waals surface area contributed by atoms with Gasteiger partial charge in [-0.25, -0.2) is 8.78 Å². The van der Waals surface area contributed by atoms with E-state index in [9.17, 15) is 23.7 Å². The maximum absolute atomic E-state index is 13.6. The minimum Gasteiger partial charge on any atom is -0.294 e. The Balaban J connectivity index is 2.35. The van der Waals surface area contributed by atoms with Crippen molar-refractivity contribution in [3.8, 4) is 0 Å². The fourth-order valence-corrected chi connectivity index (χ4v) is 1.98. The highest BCUT2D eigenvalue weighted by Crippen LogP contribution is 2.21. The minimum absolute atomic E-state index is 0.141. The summed E-state index contributed by atoms with van der Waals surface area (Å²) in [6.45, 7) is 1.41. The van der Waals surface area contributed by atoms with E-state index in [1.807, 2.05) is 0 Å². The Kier molecular flexibility index (Phi) is 4.07.